The van der Waals surface area contributed by atoms with Crippen molar-refractivity contribution in [3.63, 3.8) is 0 Å². The summed E-state index contributed by atoms with van der Waals surface area (Å²) in [5.41, 5.74) is 29.2. The van der Waals surface area contributed by atoms with E-state index in [1.54, 1.807) is 17.1 Å². The van der Waals surface area contributed by atoms with Crippen LogP contribution in [-0.4, -0.2) is 39.7 Å². The first-order valence-corrected chi connectivity index (χ1v) is 42.1. The summed E-state index contributed by atoms with van der Waals surface area (Å²) in [6.45, 7) is 46.9. The SMILES string of the molecule is CC(C)(C)Cc1ccc(-c2[c-]cccc2)nc1.CC(C)(C)Cc1ccnc(-c2[c-]ccc(C(C)(C)C)c2)c1.CC(C)(C)Cc1ccnc(-c2[c-]cccc2)c1.Cc1ccc(-c2[c-]ccc(CC(C)(C)C)c2)nc1.Cc1cccc(C)c1-c1ccnc(-c2[c-]ccc(CC(C)(C)C)c2)c1.[Ir].[Ir].[Ir].[Ir].[Ir].[c-]1ccccc1-c1ccccn1.[c-]1ccccc1-n1cccn1. The van der Waals surface area contributed by atoms with E-state index in [1.165, 1.54) is 61.2 Å². The molecule has 0 aliphatic heterocycles. The molecule has 15 rings (SSSR count). The number of hydrogen-bond acceptors (Lipinski definition) is 7. The molecular weight excluding hydrogens is 2430 g/mol. The van der Waals surface area contributed by atoms with Crippen LogP contribution in [0, 0.1) is 90.3 Å². The van der Waals surface area contributed by atoms with Crippen molar-refractivity contribution < 1.29 is 101 Å². The second kappa shape index (κ2) is 52.6. The van der Waals surface area contributed by atoms with Crippen molar-refractivity contribution in [1.82, 2.24) is 39.7 Å². The van der Waals surface area contributed by atoms with E-state index in [-0.39, 0.29) is 117 Å². The summed E-state index contributed by atoms with van der Waals surface area (Å²) in [4.78, 5) is 26.7. The molecule has 0 spiro atoms. The first kappa shape index (κ1) is 109. The molecular formula is C113H123Ir5N8-7. The number of nitrogens with zero attached hydrogens (tertiary/aromatic N) is 8. The summed E-state index contributed by atoms with van der Waals surface area (Å²) in [6, 6.07) is 109. The Balaban J connectivity index is 0.000000310. The van der Waals surface area contributed by atoms with Gasteiger partial charge in [-0.2, -0.15) is 29.4 Å². The average Bonchev–Trinajstić information content (AvgIpc) is 0.817. The van der Waals surface area contributed by atoms with E-state index in [0.29, 0.717) is 16.2 Å². The molecule has 7 heterocycles. The van der Waals surface area contributed by atoms with E-state index in [0.717, 1.165) is 105 Å². The molecule has 0 bridgehead atoms. The van der Waals surface area contributed by atoms with Gasteiger partial charge in [-0.1, -0.05) is 209 Å². The van der Waals surface area contributed by atoms with Gasteiger partial charge in [0.25, 0.3) is 0 Å². The fourth-order valence-corrected chi connectivity index (χ4v) is 13.6. The monoisotopic (exact) mass is 2560 g/mol. The van der Waals surface area contributed by atoms with E-state index in [2.05, 4.69) is 338 Å². The van der Waals surface area contributed by atoms with E-state index >= 15 is 0 Å². The Morgan fingerprint density at radius 3 is 1.08 bits per heavy atom. The van der Waals surface area contributed by atoms with Crippen molar-refractivity contribution in [1.29, 1.82) is 0 Å². The molecule has 0 unspecified atom stereocenters. The number of para-hydroxylation sites is 1. The number of hydrogen-bond donors (Lipinski definition) is 0. The molecule has 0 aliphatic carbocycles. The minimum Gasteiger partial charge on any atom is -0.305 e. The van der Waals surface area contributed by atoms with Crippen LogP contribution in [0.3, 0.4) is 0 Å². The van der Waals surface area contributed by atoms with Crippen LogP contribution >= 0.6 is 0 Å². The maximum Gasteiger partial charge on any atom is 0.0493 e. The molecule has 0 saturated heterocycles. The largest absolute Gasteiger partial charge is 0.305 e. The Morgan fingerprint density at radius 1 is 0.270 bits per heavy atom. The Labute approximate surface area is 823 Å². The maximum atomic E-state index is 4.60. The maximum absolute atomic E-state index is 4.60. The standard InChI is InChI=1S/C24H26N.C20H26N.C17H20N.2C16H18N.C11H8N.C9H7N2.5Ir/c1-17-8-6-9-18(2)23(17)21-12-13-25-22(15-21)20-11-7-10-19(14-20)16-24(3,4)5;1-19(2,3)14-15-10-11-21-18(12-15)16-8-7-9-17(13-16)20(4,5)6;1-13-8-9-16(18-12-13)15-7-5-6-14(10-15)11-17(2,3)4;1-16(2,3)12-13-9-10-17-15(11-13)14-7-5-4-6-8-14;1-16(2,3)11-13-9-10-15(17-12-13)14-7-5-4-6-8-14;1-2-6-10(7-3-1)11-8-4-5-9-12-11;1-2-5-9(6-3-1)11-8-4-7-10-11;;;;;/h6-10,12-15H,16H2,1-5H3;7,9-13H,14H2,1-6H3;5-6,8-10,12H,11H2,1-4H3;4-7,9-11H,12H2,1-3H3;4-7,9-10,12H,11H2,1-3H3;1-6,8-9H;1-5,7-8H;;;;;/q7*-1;;;;;. The summed E-state index contributed by atoms with van der Waals surface area (Å²) < 4.78 is 1.78. The summed E-state index contributed by atoms with van der Waals surface area (Å²) in [5, 5.41) is 4.07. The van der Waals surface area contributed by atoms with Crippen LogP contribution < -0.4 is 0 Å². The molecule has 0 saturated carbocycles. The molecule has 8 aromatic carbocycles. The van der Waals surface area contributed by atoms with Crippen molar-refractivity contribution in [3.8, 4) is 84.4 Å². The van der Waals surface area contributed by atoms with Crippen LogP contribution in [0.25, 0.3) is 84.4 Å². The average molecular weight is 2550 g/mol. The molecule has 667 valence electrons. The quantitative estimate of drug-likeness (QED) is 0.106. The smallest absolute Gasteiger partial charge is 0.0493 e. The fourth-order valence-electron chi connectivity index (χ4n) is 13.6. The van der Waals surface area contributed by atoms with Gasteiger partial charge in [0.15, 0.2) is 0 Å². The van der Waals surface area contributed by atoms with E-state index < -0.39 is 0 Å². The summed E-state index contributed by atoms with van der Waals surface area (Å²) in [5.74, 6) is 0. The summed E-state index contributed by atoms with van der Waals surface area (Å²) in [7, 11) is 0. The van der Waals surface area contributed by atoms with Crippen molar-refractivity contribution in [2.45, 2.75) is 183 Å². The van der Waals surface area contributed by atoms with Crippen LogP contribution in [-0.2, 0) is 138 Å². The molecule has 13 heteroatoms. The molecule has 0 N–H and O–H groups in total. The number of benzene rings is 8. The third kappa shape index (κ3) is 39.4. The van der Waals surface area contributed by atoms with Gasteiger partial charge >= 0.3 is 0 Å². The molecule has 0 amide bonds. The normalized spacial score (nSPS) is 10.9. The molecule has 7 aromatic heterocycles. The second-order valence-electron chi connectivity index (χ2n) is 38.0. The van der Waals surface area contributed by atoms with Gasteiger partial charge in [0.2, 0.25) is 0 Å². The number of pyridine rings is 6. The minimum atomic E-state index is 0. The fraction of sp³-hybridized carbons (Fsp3) is 0.283. The molecule has 126 heavy (non-hydrogen) atoms. The summed E-state index contributed by atoms with van der Waals surface area (Å²) >= 11 is 0. The van der Waals surface area contributed by atoms with Gasteiger partial charge in [-0.3, -0.25) is 4.68 Å². The Kier molecular flexibility index (Phi) is 45.6. The zero-order chi connectivity index (χ0) is 87.2. The van der Waals surface area contributed by atoms with E-state index in [4.69, 9.17) is 0 Å². The molecule has 0 aliphatic rings. The molecule has 15 aromatic rings. The number of rotatable bonds is 13. The third-order valence-corrected chi connectivity index (χ3v) is 18.9. The minimum absolute atomic E-state index is 0. The Bertz CT molecular complexity index is 5520. The zero-order valence-electron chi connectivity index (χ0n) is 77.1. The van der Waals surface area contributed by atoms with E-state index in [1.807, 2.05) is 177 Å². The first-order chi connectivity index (χ1) is 57.4. The van der Waals surface area contributed by atoms with Crippen molar-refractivity contribution in [3.05, 3.63) is 397 Å². The summed E-state index contributed by atoms with van der Waals surface area (Å²) in [6.07, 6.45) is 20.3. The van der Waals surface area contributed by atoms with Crippen LogP contribution in [0.2, 0.25) is 0 Å². The van der Waals surface area contributed by atoms with E-state index in [9.17, 15) is 0 Å². The topological polar surface area (TPSA) is 95.2 Å². The predicted octanol–water partition coefficient (Wildman–Crippen LogP) is 28.8. The van der Waals surface area contributed by atoms with Gasteiger partial charge in [0.05, 0.1) is 0 Å². The van der Waals surface area contributed by atoms with Crippen LogP contribution in [0.15, 0.2) is 304 Å². The Morgan fingerprint density at radius 2 is 0.659 bits per heavy atom. The Hall–Kier alpha value is -8.88. The molecule has 0 atom stereocenters. The van der Waals surface area contributed by atoms with Crippen LogP contribution in [0.4, 0.5) is 0 Å². The third-order valence-electron chi connectivity index (χ3n) is 18.9. The van der Waals surface area contributed by atoms with Gasteiger partial charge in [-0.25, -0.2) is 0 Å². The van der Waals surface area contributed by atoms with Gasteiger partial charge in [0.1, 0.15) is 0 Å². The van der Waals surface area contributed by atoms with Crippen molar-refractivity contribution in [2.24, 2.45) is 27.1 Å². The number of aryl methyl sites for hydroxylation is 3. The van der Waals surface area contributed by atoms with Gasteiger partial charge < -0.3 is 29.9 Å². The molecule has 5 radical (unpaired) electrons. The van der Waals surface area contributed by atoms with Gasteiger partial charge in [-0.05, 0) is 189 Å². The van der Waals surface area contributed by atoms with Gasteiger partial charge in [-0.15, -0.1) is 220 Å². The molecule has 8 nitrogen and oxygen atoms in total. The zero-order valence-corrected chi connectivity index (χ0v) is 89.1. The predicted molar refractivity (Wildman–Crippen MR) is 508 cm³/mol. The second-order valence-corrected chi connectivity index (χ2v) is 38.0. The van der Waals surface area contributed by atoms with Crippen LogP contribution in [0.5, 0.6) is 0 Å². The molecule has 0 fully saturated rings. The van der Waals surface area contributed by atoms with Gasteiger partial charge in [0, 0.05) is 150 Å². The van der Waals surface area contributed by atoms with Crippen molar-refractivity contribution in [2.75, 3.05) is 0 Å². The first-order valence-electron chi connectivity index (χ1n) is 42.1. The van der Waals surface area contributed by atoms with Crippen LogP contribution in [0.1, 0.15) is 175 Å². The number of aromatic nitrogens is 8. The van der Waals surface area contributed by atoms with Crippen molar-refractivity contribution >= 4 is 0 Å².